The zero-order valence-electron chi connectivity index (χ0n) is 8.69. The van der Waals surface area contributed by atoms with Crippen LogP contribution in [0.1, 0.15) is 32.1 Å². The molecular formula is C9H13N3O4. The van der Waals surface area contributed by atoms with Gasteiger partial charge >= 0.3 is 0 Å². The molecule has 0 radical (unpaired) electrons. The Morgan fingerprint density at radius 1 is 1.19 bits per heavy atom. The quantitative estimate of drug-likeness (QED) is 0.576. The standard InChI is InChI=1S/C9H13N3O4/c10-6(13)2-1-3-7(14)11-12-8(15)4-5-9(12)16/h1-5H2,(H2,10,13)(H,11,14). The van der Waals surface area contributed by atoms with E-state index in [1.807, 2.05) is 0 Å². The fraction of sp³-hybridized carbons (Fsp3) is 0.556. The lowest BCUT2D eigenvalue weighted by Gasteiger charge is -2.14. The molecule has 0 atom stereocenters. The summed E-state index contributed by atoms with van der Waals surface area (Å²) in [5.41, 5.74) is 7.09. The number of hydrazine groups is 1. The highest BCUT2D eigenvalue weighted by Gasteiger charge is 2.30. The molecule has 0 aliphatic carbocycles. The lowest BCUT2D eigenvalue weighted by molar-refractivity contribution is -0.147. The monoisotopic (exact) mass is 227 g/mol. The molecule has 1 aliphatic heterocycles. The maximum Gasteiger partial charge on any atom is 0.248 e. The number of rotatable bonds is 5. The topological polar surface area (TPSA) is 110 Å². The summed E-state index contributed by atoms with van der Waals surface area (Å²) in [7, 11) is 0. The van der Waals surface area contributed by atoms with Gasteiger partial charge in [-0.1, -0.05) is 0 Å². The minimum atomic E-state index is -0.485. The predicted molar refractivity (Wildman–Crippen MR) is 52.3 cm³/mol. The Kier molecular flexibility index (Phi) is 3.98. The van der Waals surface area contributed by atoms with Crippen LogP contribution in [0.25, 0.3) is 0 Å². The van der Waals surface area contributed by atoms with Crippen molar-refractivity contribution in [3.8, 4) is 0 Å². The molecule has 0 aromatic rings. The second-order valence-corrected chi connectivity index (χ2v) is 3.48. The molecule has 1 aliphatic rings. The van der Waals surface area contributed by atoms with Crippen molar-refractivity contribution in [2.45, 2.75) is 32.1 Å². The molecule has 88 valence electrons. The molecule has 7 nitrogen and oxygen atoms in total. The zero-order valence-corrected chi connectivity index (χ0v) is 8.69. The van der Waals surface area contributed by atoms with Crippen LogP contribution in [0.4, 0.5) is 0 Å². The normalized spacial score (nSPS) is 15.4. The first kappa shape index (κ1) is 12.2. The van der Waals surface area contributed by atoms with E-state index in [1.54, 1.807) is 0 Å². The number of nitrogens with two attached hydrogens (primary N) is 1. The number of carbonyl (C=O) groups is 4. The fourth-order valence-electron chi connectivity index (χ4n) is 1.31. The van der Waals surface area contributed by atoms with Gasteiger partial charge in [0, 0.05) is 25.7 Å². The van der Waals surface area contributed by atoms with Crippen molar-refractivity contribution in [3.05, 3.63) is 0 Å². The maximum atomic E-state index is 11.3. The van der Waals surface area contributed by atoms with E-state index in [9.17, 15) is 19.2 Å². The highest BCUT2D eigenvalue weighted by molar-refractivity contribution is 6.03. The third-order valence-electron chi connectivity index (χ3n) is 2.12. The van der Waals surface area contributed by atoms with Gasteiger partial charge in [-0.25, -0.2) is 0 Å². The average molecular weight is 227 g/mol. The first-order chi connectivity index (χ1) is 7.50. The molecule has 0 bridgehead atoms. The minimum absolute atomic E-state index is 0.0556. The summed E-state index contributed by atoms with van der Waals surface area (Å²) < 4.78 is 0. The zero-order chi connectivity index (χ0) is 12.1. The Morgan fingerprint density at radius 3 is 2.25 bits per heavy atom. The van der Waals surface area contributed by atoms with E-state index in [2.05, 4.69) is 5.43 Å². The Morgan fingerprint density at radius 2 is 1.75 bits per heavy atom. The van der Waals surface area contributed by atoms with Crippen molar-refractivity contribution in [2.24, 2.45) is 5.73 Å². The van der Waals surface area contributed by atoms with Gasteiger partial charge in [0.15, 0.2) is 0 Å². The van der Waals surface area contributed by atoms with E-state index < -0.39 is 23.6 Å². The van der Waals surface area contributed by atoms with Gasteiger partial charge in [0.05, 0.1) is 0 Å². The molecule has 0 unspecified atom stereocenters. The van der Waals surface area contributed by atoms with E-state index in [1.165, 1.54) is 0 Å². The van der Waals surface area contributed by atoms with Gasteiger partial charge in [0.2, 0.25) is 23.6 Å². The van der Waals surface area contributed by atoms with Gasteiger partial charge in [0.25, 0.3) is 0 Å². The molecule has 1 rings (SSSR count). The Hall–Kier alpha value is -1.92. The Labute approximate surface area is 91.9 Å². The highest BCUT2D eigenvalue weighted by Crippen LogP contribution is 2.08. The van der Waals surface area contributed by atoms with Gasteiger partial charge in [0.1, 0.15) is 0 Å². The molecular weight excluding hydrogens is 214 g/mol. The summed E-state index contributed by atoms with van der Waals surface area (Å²) in [6.45, 7) is 0. The summed E-state index contributed by atoms with van der Waals surface area (Å²) in [5, 5.41) is 0.729. The van der Waals surface area contributed by atoms with E-state index in [4.69, 9.17) is 5.73 Å². The molecule has 4 amide bonds. The van der Waals surface area contributed by atoms with Crippen LogP contribution in [0.3, 0.4) is 0 Å². The lowest BCUT2D eigenvalue weighted by Crippen LogP contribution is -2.45. The number of amides is 4. The first-order valence-corrected chi connectivity index (χ1v) is 4.94. The molecule has 3 N–H and O–H groups in total. The molecule has 0 aromatic carbocycles. The van der Waals surface area contributed by atoms with Gasteiger partial charge in [-0.15, -0.1) is 0 Å². The van der Waals surface area contributed by atoms with Crippen LogP contribution in [0, 0.1) is 0 Å². The van der Waals surface area contributed by atoms with Crippen molar-refractivity contribution in [3.63, 3.8) is 0 Å². The number of hydrogen-bond donors (Lipinski definition) is 2. The molecule has 7 heteroatoms. The summed E-state index contributed by atoms with van der Waals surface area (Å²) in [6, 6.07) is 0. The Bertz CT molecular complexity index is 324. The van der Waals surface area contributed by atoms with Crippen molar-refractivity contribution in [2.75, 3.05) is 0 Å². The second kappa shape index (κ2) is 5.24. The van der Waals surface area contributed by atoms with Gasteiger partial charge in [-0.3, -0.25) is 24.6 Å². The molecule has 0 saturated carbocycles. The molecule has 0 aromatic heterocycles. The van der Waals surface area contributed by atoms with E-state index >= 15 is 0 Å². The summed E-state index contributed by atoms with van der Waals surface area (Å²) in [4.78, 5) is 43.9. The number of carbonyl (C=O) groups excluding carboxylic acids is 4. The maximum absolute atomic E-state index is 11.3. The van der Waals surface area contributed by atoms with E-state index in [-0.39, 0.29) is 25.7 Å². The average Bonchev–Trinajstić information content (AvgIpc) is 2.49. The van der Waals surface area contributed by atoms with Crippen LogP contribution in [0.2, 0.25) is 0 Å². The van der Waals surface area contributed by atoms with Gasteiger partial charge in [-0.2, -0.15) is 5.01 Å². The van der Waals surface area contributed by atoms with Gasteiger partial charge in [-0.05, 0) is 6.42 Å². The van der Waals surface area contributed by atoms with Crippen LogP contribution in [-0.2, 0) is 19.2 Å². The number of primary amides is 1. The number of nitrogens with one attached hydrogen (secondary N) is 1. The third kappa shape index (κ3) is 3.34. The summed E-state index contributed by atoms with van der Waals surface area (Å²) in [6.07, 6.45) is 0.716. The molecule has 1 heterocycles. The smallest absolute Gasteiger partial charge is 0.248 e. The molecule has 1 fully saturated rings. The Balaban J connectivity index is 2.31. The summed E-state index contributed by atoms with van der Waals surface area (Å²) in [5.74, 6) is -1.77. The first-order valence-electron chi connectivity index (χ1n) is 4.94. The largest absolute Gasteiger partial charge is 0.370 e. The van der Waals surface area contributed by atoms with Gasteiger partial charge < -0.3 is 5.73 Å². The SMILES string of the molecule is NC(=O)CCCC(=O)NN1C(=O)CCC1=O. The molecule has 16 heavy (non-hydrogen) atoms. The number of hydrogen-bond acceptors (Lipinski definition) is 4. The summed E-state index contributed by atoms with van der Waals surface area (Å²) >= 11 is 0. The predicted octanol–water partition coefficient (Wildman–Crippen LogP) is -1.18. The molecule has 1 saturated heterocycles. The van der Waals surface area contributed by atoms with Crippen LogP contribution in [0.5, 0.6) is 0 Å². The fourth-order valence-corrected chi connectivity index (χ4v) is 1.31. The lowest BCUT2D eigenvalue weighted by atomic mass is 10.2. The van der Waals surface area contributed by atoms with E-state index in [0.29, 0.717) is 6.42 Å². The van der Waals surface area contributed by atoms with E-state index in [0.717, 1.165) is 5.01 Å². The highest BCUT2D eigenvalue weighted by atomic mass is 16.2. The third-order valence-corrected chi connectivity index (χ3v) is 2.12. The van der Waals surface area contributed by atoms with Crippen molar-refractivity contribution < 1.29 is 19.2 Å². The number of nitrogens with zero attached hydrogens (tertiary/aromatic N) is 1. The van der Waals surface area contributed by atoms with Crippen molar-refractivity contribution in [1.29, 1.82) is 0 Å². The van der Waals surface area contributed by atoms with Crippen molar-refractivity contribution >= 4 is 23.6 Å². The second-order valence-electron chi connectivity index (χ2n) is 3.48. The van der Waals surface area contributed by atoms with Crippen LogP contribution >= 0.6 is 0 Å². The minimum Gasteiger partial charge on any atom is -0.370 e. The molecule has 0 spiro atoms. The van der Waals surface area contributed by atoms with Crippen LogP contribution in [0.15, 0.2) is 0 Å². The van der Waals surface area contributed by atoms with Crippen LogP contribution in [-0.4, -0.2) is 28.6 Å². The van der Waals surface area contributed by atoms with Crippen LogP contribution < -0.4 is 11.2 Å². The van der Waals surface area contributed by atoms with Crippen molar-refractivity contribution in [1.82, 2.24) is 10.4 Å². The number of imide groups is 1.